The quantitative estimate of drug-likeness (QED) is 0.778. The lowest BCUT2D eigenvalue weighted by atomic mass is 10.1. The fourth-order valence-corrected chi connectivity index (χ4v) is 2.28. The maximum Gasteiger partial charge on any atom is 0.0362 e. The summed E-state index contributed by atoms with van der Waals surface area (Å²) in [4.78, 5) is 0. The van der Waals surface area contributed by atoms with Gasteiger partial charge in [0, 0.05) is 11.0 Å². The van der Waals surface area contributed by atoms with Gasteiger partial charge in [-0.15, -0.1) is 5.73 Å². The molecule has 70 valence electrons. The number of hydrogen-bond donors (Lipinski definition) is 0. The van der Waals surface area contributed by atoms with Crippen LogP contribution in [0.5, 0.6) is 0 Å². The van der Waals surface area contributed by atoms with Gasteiger partial charge in [-0.3, -0.25) is 0 Å². The Morgan fingerprint density at radius 2 is 1.86 bits per heavy atom. The van der Waals surface area contributed by atoms with Gasteiger partial charge in [-0.1, -0.05) is 36.4 Å². The van der Waals surface area contributed by atoms with Crippen molar-refractivity contribution in [1.29, 1.82) is 0 Å². The fourth-order valence-electron chi connectivity index (χ4n) is 1.59. The number of nitrogens with zero attached hydrogens (tertiary/aromatic N) is 1. The van der Waals surface area contributed by atoms with Crippen molar-refractivity contribution in [2.45, 2.75) is 6.42 Å². The van der Waals surface area contributed by atoms with Crippen molar-refractivity contribution >= 4 is 26.7 Å². The monoisotopic (exact) mass is 247 g/mol. The van der Waals surface area contributed by atoms with Crippen LogP contribution in [-0.2, 0) is 6.42 Å². The van der Waals surface area contributed by atoms with Crippen molar-refractivity contribution in [3.05, 3.63) is 46.4 Å². The Morgan fingerprint density at radius 3 is 2.64 bits per heavy atom. The molecule has 0 atom stereocenters. The van der Waals surface area contributed by atoms with Crippen molar-refractivity contribution in [3.63, 3.8) is 0 Å². The molecular weight excluding hydrogens is 238 g/mol. The van der Waals surface area contributed by atoms with Crippen LogP contribution in [0.15, 0.2) is 40.9 Å². The van der Waals surface area contributed by atoms with Gasteiger partial charge in [0.05, 0.1) is 0 Å². The van der Waals surface area contributed by atoms with Gasteiger partial charge < -0.3 is 0 Å². The molecule has 0 saturated heterocycles. The minimum absolute atomic E-state index is 0.191. The average molecular weight is 248 g/mol. The Bertz CT molecular complexity index is 451. The molecular formula is C12H10BrN. The number of fused-ring (bicyclic) bond motifs is 1. The molecule has 0 fully saturated rings. The second kappa shape index (κ2) is 4.11. The van der Waals surface area contributed by atoms with Gasteiger partial charge in [-0.2, -0.15) is 0 Å². The van der Waals surface area contributed by atoms with Crippen LogP contribution in [0, 0.1) is 0 Å². The maximum atomic E-state index is 8.90. The van der Waals surface area contributed by atoms with E-state index in [-0.39, 0.29) is 6.54 Å². The van der Waals surface area contributed by atoms with Gasteiger partial charge in [-0.25, -0.2) is 0 Å². The molecule has 2 radical (unpaired) electrons. The van der Waals surface area contributed by atoms with Crippen LogP contribution in [0.25, 0.3) is 10.8 Å². The van der Waals surface area contributed by atoms with E-state index in [0.717, 1.165) is 10.0 Å². The van der Waals surface area contributed by atoms with E-state index in [1.807, 2.05) is 12.1 Å². The van der Waals surface area contributed by atoms with E-state index in [9.17, 15) is 0 Å². The van der Waals surface area contributed by atoms with Crippen molar-refractivity contribution < 1.29 is 0 Å². The topological polar surface area (TPSA) is 22.3 Å². The highest BCUT2D eigenvalue weighted by atomic mass is 79.9. The normalized spacial score (nSPS) is 10.7. The van der Waals surface area contributed by atoms with Crippen LogP contribution in [0.4, 0.5) is 0 Å². The van der Waals surface area contributed by atoms with Gasteiger partial charge >= 0.3 is 0 Å². The first-order valence-electron chi connectivity index (χ1n) is 4.60. The molecule has 0 unspecified atom stereocenters. The largest absolute Gasteiger partial charge is 0.145 e. The molecule has 0 saturated carbocycles. The maximum absolute atomic E-state index is 8.90. The molecule has 0 aliphatic heterocycles. The van der Waals surface area contributed by atoms with E-state index < -0.39 is 0 Å². The summed E-state index contributed by atoms with van der Waals surface area (Å²) in [5.41, 5.74) is 10.1. The Balaban J connectivity index is 2.63. The first-order valence-corrected chi connectivity index (χ1v) is 5.39. The molecule has 2 aromatic rings. The Labute approximate surface area is 92.1 Å². The van der Waals surface area contributed by atoms with E-state index in [1.165, 1.54) is 10.8 Å². The minimum atomic E-state index is 0.191. The van der Waals surface area contributed by atoms with E-state index in [4.69, 9.17) is 5.73 Å². The van der Waals surface area contributed by atoms with E-state index in [1.54, 1.807) is 0 Å². The predicted molar refractivity (Wildman–Crippen MR) is 62.4 cm³/mol. The standard InChI is InChI=1S/C12H10BrN/c13-12-10(7-8-14)6-5-9-3-1-2-4-11(9)12/h1-6H,7-8H2. The van der Waals surface area contributed by atoms with E-state index in [2.05, 4.69) is 40.2 Å². The number of hydrogen-bond acceptors (Lipinski definition) is 0. The van der Waals surface area contributed by atoms with Crippen molar-refractivity contribution in [3.8, 4) is 0 Å². The van der Waals surface area contributed by atoms with Crippen LogP contribution < -0.4 is 5.73 Å². The highest BCUT2D eigenvalue weighted by Crippen LogP contribution is 2.27. The highest BCUT2D eigenvalue weighted by molar-refractivity contribution is 9.10. The molecule has 0 heterocycles. The van der Waals surface area contributed by atoms with Gasteiger partial charge in [0.25, 0.3) is 0 Å². The summed E-state index contributed by atoms with van der Waals surface area (Å²) < 4.78 is 1.10. The molecule has 0 aliphatic rings. The van der Waals surface area contributed by atoms with Crippen LogP contribution in [0.3, 0.4) is 0 Å². The zero-order valence-corrected chi connectivity index (χ0v) is 9.29. The first kappa shape index (κ1) is 9.69. The summed E-state index contributed by atoms with van der Waals surface area (Å²) in [5, 5.41) is 2.43. The zero-order chi connectivity index (χ0) is 9.97. The Kier molecular flexibility index (Phi) is 2.85. The zero-order valence-electron chi connectivity index (χ0n) is 7.70. The molecule has 0 bridgehead atoms. The number of benzene rings is 2. The number of halogens is 1. The smallest absolute Gasteiger partial charge is 0.0362 e. The number of rotatable bonds is 2. The van der Waals surface area contributed by atoms with Crippen LogP contribution in [0.1, 0.15) is 5.56 Å². The molecule has 0 aromatic heterocycles. The molecule has 1 nitrogen and oxygen atoms in total. The predicted octanol–water partition coefficient (Wildman–Crippen LogP) is 3.21. The third-order valence-electron chi connectivity index (χ3n) is 2.32. The lowest BCUT2D eigenvalue weighted by Gasteiger charge is -2.06. The summed E-state index contributed by atoms with van der Waals surface area (Å²) in [5.74, 6) is 0. The SMILES string of the molecule is [N]CCc1ccc2ccccc2c1Br. The lowest BCUT2D eigenvalue weighted by molar-refractivity contribution is 0.939. The molecule has 14 heavy (non-hydrogen) atoms. The van der Waals surface area contributed by atoms with Crippen molar-refractivity contribution in [1.82, 2.24) is 5.73 Å². The fraction of sp³-hybridized carbons (Fsp3) is 0.167. The molecule has 0 spiro atoms. The lowest BCUT2D eigenvalue weighted by Crippen LogP contribution is -1.93. The summed E-state index contributed by atoms with van der Waals surface area (Å²) in [7, 11) is 0. The van der Waals surface area contributed by atoms with E-state index in [0.29, 0.717) is 6.42 Å². The highest BCUT2D eigenvalue weighted by Gasteiger charge is 2.03. The molecule has 0 aliphatic carbocycles. The average Bonchev–Trinajstić information content (AvgIpc) is 2.23. The Morgan fingerprint density at radius 1 is 1.07 bits per heavy atom. The van der Waals surface area contributed by atoms with Gasteiger partial charge in [-0.05, 0) is 38.7 Å². The molecule has 0 amide bonds. The first-order chi connectivity index (χ1) is 6.83. The van der Waals surface area contributed by atoms with Crippen LogP contribution in [0.2, 0.25) is 0 Å². The second-order valence-corrected chi connectivity index (χ2v) is 4.03. The summed E-state index contributed by atoms with van der Waals surface area (Å²) in [6.45, 7) is 0.191. The van der Waals surface area contributed by atoms with Gasteiger partial charge in [0.2, 0.25) is 0 Å². The minimum Gasteiger partial charge on any atom is -0.145 e. The van der Waals surface area contributed by atoms with Crippen molar-refractivity contribution in [2.24, 2.45) is 0 Å². The van der Waals surface area contributed by atoms with E-state index >= 15 is 0 Å². The van der Waals surface area contributed by atoms with Crippen LogP contribution >= 0.6 is 15.9 Å². The molecule has 2 heteroatoms. The summed E-state index contributed by atoms with van der Waals surface area (Å²) in [6, 6.07) is 12.4. The second-order valence-electron chi connectivity index (χ2n) is 3.23. The summed E-state index contributed by atoms with van der Waals surface area (Å²) in [6.07, 6.45) is 0.700. The van der Waals surface area contributed by atoms with Crippen molar-refractivity contribution in [2.75, 3.05) is 6.54 Å². The van der Waals surface area contributed by atoms with Gasteiger partial charge in [0.1, 0.15) is 0 Å². The third-order valence-corrected chi connectivity index (χ3v) is 3.26. The molecule has 0 N–H and O–H groups in total. The summed E-state index contributed by atoms with van der Waals surface area (Å²) >= 11 is 3.57. The molecule has 2 rings (SSSR count). The van der Waals surface area contributed by atoms with Gasteiger partial charge in [0.15, 0.2) is 0 Å². The third kappa shape index (κ3) is 1.68. The van der Waals surface area contributed by atoms with Crippen LogP contribution in [-0.4, -0.2) is 6.54 Å². The Hall–Kier alpha value is -0.860. The molecule has 2 aromatic carbocycles.